The molecule has 1 unspecified atom stereocenters. The summed E-state index contributed by atoms with van der Waals surface area (Å²) in [6, 6.07) is 12.3. The Balaban J connectivity index is 1.75. The zero-order valence-corrected chi connectivity index (χ0v) is 13.7. The number of urea groups is 1. The molecule has 0 radical (unpaired) electrons. The van der Waals surface area contributed by atoms with Crippen LogP contribution in [0.5, 0.6) is 11.5 Å². The molecule has 0 saturated heterocycles. The lowest BCUT2D eigenvalue weighted by molar-refractivity contribution is 0.236. The number of hydrogen-bond acceptors (Lipinski definition) is 3. The van der Waals surface area contributed by atoms with E-state index in [1.54, 1.807) is 36.4 Å². The molecular formula is C18H21FN2O3. The molecule has 2 N–H and O–H groups in total. The van der Waals surface area contributed by atoms with Crippen molar-refractivity contribution in [3.63, 3.8) is 0 Å². The minimum atomic E-state index is -0.325. The number of rotatable bonds is 7. The highest BCUT2D eigenvalue weighted by molar-refractivity contribution is 5.89. The first-order valence-electron chi connectivity index (χ1n) is 7.75. The van der Waals surface area contributed by atoms with Crippen LogP contribution >= 0.6 is 0 Å². The predicted molar refractivity (Wildman–Crippen MR) is 91.1 cm³/mol. The molecule has 0 saturated carbocycles. The van der Waals surface area contributed by atoms with Crippen LogP contribution in [0.3, 0.4) is 0 Å². The minimum Gasteiger partial charge on any atom is -0.494 e. The van der Waals surface area contributed by atoms with E-state index in [9.17, 15) is 9.18 Å². The molecule has 24 heavy (non-hydrogen) atoms. The zero-order chi connectivity index (χ0) is 17.4. The summed E-state index contributed by atoms with van der Waals surface area (Å²) in [7, 11) is 0. The van der Waals surface area contributed by atoms with E-state index in [-0.39, 0.29) is 24.5 Å². The number of hydrogen-bond donors (Lipinski definition) is 2. The number of halogens is 1. The number of nitrogens with one attached hydrogen (secondary N) is 2. The number of amides is 2. The van der Waals surface area contributed by atoms with Gasteiger partial charge in [-0.3, -0.25) is 0 Å². The molecule has 5 nitrogen and oxygen atoms in total. The van der Waals surface area contributed by atoms with Crippen LogP contribution in [0.1, 0.15) is 13.8 Å². The van der Waals surface area contributed by atoms with Crippen molar-refractivity contribution in [3.05, 3.63) is 54.3 Å². The third-order valence-corrected chi connectivity index (χ3v) is 3.11. The molecule has 0 aliphatic heterocycles. The van der Waals surface area contributed by atoms with Crippen LogP contribution < -0.4 is 20.1 Å². The van der Waals surface area contributed by atoms with Gasteiger partial charge in [0.05, 0.1) is 12.6 Å². The average molecular weight is 332 g/mol. The molecule has 2 amide bonds. The highest BCUT2D eigenvalue weighted by Crippen LogP contribution is 2.15. The van der Waals surface area contributed by atoms with Gasteiger partial charge in [-0.25, -0.2) is 9.18 Å². The molecule has 2 aromatic carbocycles. The van der Waals surface area contributed by atoms with Crippen molar-refractivity contribution >= 4 is 11.7 Å². The molecular weight excluding hydrogens is 311 g/mol. The monoisotopic (exact) mass is 332 g/mol. The van der Waals surface area contributed by atoms with E-state index in [1.165, 1.54) is 12.1 Å². The second kappa shape index (κ2) is 8.76. The first-order chi connectivity index (χ1) is 11.6. The van der Waals surface area contributed by atoms with Gasteiger partial charge in [0.2, 0.25) is 0 Å². The van der Waals surface area contributed by atoms with E-state index in [0.717, 1.165) is 5.75 Å². The molecule has 0 bridgehead atoms. The van der Waals surface area contributed by atoms with Crippen LogP contribution in [0.4, 0.5) is 14.9 Å². The van der Waals surface area contributed by atoms with Gasteiger partial charge in [0.25, 0.3) is 0 Å². The van der Waals surface area contributed by atoms with Crippen molar-refractivity contribution in [1.82, 2.24) is 5.32 Å². The van der Waals surface area contributed by atoms with Crippen LogP contribution in [0.2, 0.25) is 0 Å². The van der Waals surface area contributed by atoms with Crippen LogP contribution in [0.15, 0.2) is 48.5 Å². The van der Waals surface area contributed by atoms with Crippen LogP contribution in [-0.2, 0) is 0 Å². The topological polar surface area (TPSA) is 59.6 Å². The smallest absolute Gasteiger partial charge is 0.319 e. The van der Waals surface area contributed by atoms with Crippen molar-refractivity contribution < 1.29 is 18.7 Å². The van der Waals surface area contributed by atoms with Gasteiger partial charge < -0.3 is 20.1 Å². The van der Waals surface area contributed by atoms with Crippen molar-refractivity contribution in [1.29, 1.82) is 0 Å². The standard InChI is InChI=1S/C18H21FN2O3/c1-3-23-16-10-6-15(7-11-16)21-18(22)20-13(2)12-24-17-8-4-14(19)5-9-17/h4-11,13H,3,12H2,1-2H3,(H2,20,21,22). The molecule has 2 aromatic rings. The summed E-state index contributed by atoms with van der Waals surface area (Å²) >= 11 is 0. The van der Waals surface area contributed by atoms with Crippen LogP contribution in [0, 0.1) is 5.82 Å². The largest absolute Gasteiger partial charge is 0.494 e. The van der Waals surface area contributed by atoms with E-state index in [0.29, 0.717) is 18.0 Å². The number of ether oxygens (including phenoxy) is 2. The summed E-state index contributed by atoms with van der Waals surface area (Å²) in [5, 5.41) is 5.51. The van der Waals surface area contributed by atoms with Gasteiger partial charge in [-0.05, 0) is 62.4 Å². The molecule has 6 heteroatoms. The van der Waals surface area contributed by atoms with Crippen molar-refractivity contribution in [3.8, 4) is 11.5 Å². The molecule has 1 atom stereocenters. The molecule has 0 heterocycles. The number of anilines is 1. The summed E-state index contributed by atoms with van der Waals surface area (Å²) in [5.41, 5.74) is 0.669. The molecule has 0 aliphatic carbocycles. The Kier molecular flexibility index (Phi) is 6.42. The van der Waals surface area contributed by atoms with E-state index >= 15 is 0 Å². The van der Waals surface area contributed by atoms with E-state index in [1.807, 2.05) is 13.8 Å². The fourth-order valence-corrected chi connectivity index (χ4v) is 1.99. The quantitative estimate of drug-likeness (QED) is 0.810. The van der Waals surface area contributed by atoms with Gasteiger partial charge in [-0.1, -0.05) is 0 Å². The first-order valence-corrected chi connectivity index (χ1v) is 7.75. The Labute approximate surface area is 140 Å². The third-order valence-electron chi connectivity index (χ3n) is 3.11. The van der Waals surface area contributed by atoms with Gasteiger partial charge in [0, 0.05) is 5.69 Å². The molecule has 0 spiro atoms. The lowest BCUT2D eigenvalue weighted by atomic mass is 10.3. The Hall–Kier alpha value is -2.76. The number of carbonyl (C=O) groups excluding carboxylic acids is 1. The Bertz CT molecular complexity index is 644. The normalized spacial score (nSPS) is 11.5. The summed E-state index contributed by atoms with van der Waals surface area (Å²) < 4.78 is 23.6. The first kappa shape index (κ1) is 17.6. The molecule has 0 aliphatic rings. The average Bonchev–Trinajstić information content (AvgIpc) is 2.56. The zero-order valence-electron chi connectivity index (χ0n) is 13.7. The van der Waals surface area contributed by atoms with Gasteiger partial charge in [0.15, 0.2) is 0 Å². The lowest BCUT2D eigenvalue weighted by Crippen LogP contribution is -2.39. The minimum absolute atomic E-state index is 0.210. The maximum absolute atomic E-state index is 12.8. The Morgan fingerprint density at radius 1 is 1.04 bits per heavy atom. The van der Waals surface area contributed by atoms with Crippen LogP contribution in [0.25, 0.3) is 0 Å². The fraction of sp³-hybridized carbons (Fsp3) is 0.278. The van der Waals surface area contributed by atoms with E-state index in [4.69, 9.17) is 9.47 Å². The molecule has 2 rings (SSSR count). The van der Waals surface area contributed by atoms with Gasteiger partial charge in [-0.15, -0.1) is 0 Å². The van der Waals surface area contributed by atoms with Crippen molar-refractivity contribution in [2.75, 3.05) is 18.5 Å². The number of carbonyl (C=O) groups is 1. The molecule has 0 aromatic heterocycles. The Morgan fingerprint density at radius 3 is 2.25 bits per heavy atom. The highest BCUT2D eigenvalue weighted by Gasteiger charge is 2.08. The third kappa shape index (κ3) is 5.79. The summed E-state index contributed by atoms with van der Waals surface area (Å²) in [6.45, 7) is 4.61. The number of benzene rings is 2. The second-order valence-corrected chi connectivity index (χ2v) is 5.22. The summed E-state index contributed by atoms with van der Waals surface area (Å²) in [6.07, 6.45) is 0. The maximum Gasteiger partial charge on any atom is 0.319 e. The fourth-order valence-electron chi connectivity index (χ4n) is 1.99. The second-order valence-electron chi connectivity index (χ2n) is 5.22. The Morgan fingerprint density at radius 2 is 1.62 bits per heavy atom. The summed E-state index contributed by atoms with van der Waals surface area (Å²) in [4.78, 5) is 11.9. The van der Waals surface area contributed by atoms with Crippen molar-refractivity contribution in [2.45, 2.75) is 19.9 Å². The van der Waals surface area contributed by atoms with Gasteiger partial charge >= 0.3 is 6.03 Å². The lowest BCUT2D eigenvalue weighted by Gasteiger charge is -2.16. The molecule has 128 valence electrons. The molecule has 0 fully saturated rings. The predicted octanol–water partition coefficient (Wildman–Crippen LogP) is 3.81. The van der Waals surface area contributed by atoms with E-state index < -0.39 is 0 Å². The van der Waals surface area contributed by atoms with E-state index in [2.05, 4.69) is 10.6 Å². The SMILES string of the molecule is CCOc1ccc(NC(=O)NC(C)COc2ccc(F)cc2)cc1. The van der Waals surface area contributed by atoms with Gasteiger partial charge in [0.1, 0.15) is 23.9 Å². The van der Waals surface area contributed by atoms with Gasteiger partial charge in [-0.2, -0.15) is 0 Å². The van der Waals surface area contributed by atoms with Crippen LogP contribution in [-0.4, -0.2) is 25.3 Å². The summed E-state index contributed by atoms with van der Waals surface area (Å²) in [5.74, 6) is 0.991. The highest BCUT2D eigenvalue weighted by atomic mass is 19.1. The van der Waals surface area contributed by atoms with Crippen molar-refractivity contribution in [2.24, 2.45) is 0 Å². The maximum atomic E-state index is 12.8.